The maximum absolute atomic E-state index is 12.3. The van der Waals surface area contributed by atoms with Crippen LogP contribution in [0.25, 0.3) is 0 Å². The summed E-state index contributed by atoms with van der Waals surface area (Å²) >= 11 is 1.37. The van der Waals surface area contributed by atoms with E-state index in [2.05, 4.69) is 0 Å². The van der Waals surface area contributed by atoms with Gasteiger partial charge in [0.15, 0.2) is 0 Å². The highest BCUT2D eigenvalue weighted by molar-refractivity contribution is 7.99. The van der Waals surface area contributed by atoms with Crippen molar-refractivity contribution in [2.75, 3.05) is 29.6 Å². The topological polar surface area (TPSA) is 98.6 Å². The number of fused-ring (bicyclic) bond motifs is 1. The van der Waals surface area contributed by atoms with Crippen LogP contribution in [0.15, 0.2) is 18.2 Å². The highest BCUT2D eigenvalue weighted by Crippen LogP contribution is 2.32. The molecule has 0 atom stereocenters. The van der Waals surface area contributed by atoms with Crippen LogP contribution in [-0.4, -0.2) is 36.5 Å². The molecule has 0 radical (unpaired) electrons. The van der Waals surface area contributed by atoms with Crippen LogP contribution in [0.2, 0.25) is 0 Å². The summed E-state index contributed by atoms with van der Waals surface area (Å²) in [5.74, 6) is 1.18. The van der Waals surface area contributed by atoms with Gasteiger partial charge in [-0.05, 0) is 17.7 Å². The quantitative estimate of drug-likeness (QED) is 0.745. The lowest BCUT2D eigenvalue weighted by Crippen LogP contribution is -2.38. The van der Waals surface area contributed by atoms with Crippen LogP contribution in [-0.2, 0) is 16.1 Å². The van der Waals surface area contributed by atoms with E-state index in [9.17, 15) is 9.59 Å². The van der Waals surface area contributed by atoms with E-state index in [1.165, 1.54) is 11.8 Å². The Morgan fingerprint density at radius 2 is 2.19 bits per heavy atom. The summed E-state index contributed by atoms with van der Waals surface area (Å²) in [6, 6.07) is 5.64. The molecule has 0 spiro atoms. The Labute approximate surface area is 127 Å². The van der Waals surface area contributed by atoms with E-state index in [0.29, 0.717) is 37.6 Å². The molecule has 7 heteroatoms. The maximum atomic E-state index is 12.3. The predicted octanol–water partition coefficient (Wildman–Crippen LogP) is 0.479. The third-order valence-corrected chi connectivity index (χ3v) is 4.11. The Morgan fingerprint density at radius 3 is 2.90 bits per heavy atom. The first-order valence-corrected chi connectivity index (χ1v) is 7.89. The van der Waals surface area contributed by atoms with Crippen LogP contribution in [0, 0.1) is 0 Å². The highest BCUT2D eigenvalue weighted by atomic mass is 32.2. The molecule has 0 aromatic heterocycles. The normalized spacial score (nSPS) is 13.5. The first-order chi connectivity index (χ1) is 10.1. The van der Waals surface area contributed by atoms with E-state index < -0.39 is 0 Å². The number of benzene rings is 1. The zero-order chi connectivity index (χ0) is 15.2. The number of primary amides is 1. The summed E-state index contributed by atoms with van der Waals surface area (Å²) in [5.41, 5.74) is 12.4. The fourth-order valence-electron chi connectivity index (χ4n) is 2.12. The molecular formula is C14H19N3O3S. The van der Waals surface area contributed by atoms with Gasteiger partial charge in [-0.25, -0.2) is 0 Å². The van der Waals surface area contributed by atoms with Gasteiger partial charge < -0.3 is 21.1 Å². The van der Waals surface area contributed by atoms with Gasteiger partial charge in [-0.2, -0.15) is 11.8 Å². The monoisotopic (exact) mass is 309 g/mol. The minimum absolute atomic E-state index is 0.0192. The molecule has 0 fully saturated rings. The second-order valence-corrected chi connectivity index (χ2v) is 5.77. The number of thioether (sulfide) groups is 1. The van der Waals surface area contributed by atoms with Gasteiger partial charge in [0.2, 0.25) is 11.8 Å². The van der Waals surface area contributed by atoms with E-state index in [1.807, 2.05) is 18.2 Å². The van der Waals surface area contributed by atoms with Crippen molar-refractivity contribution in [2.45, 2.75) is 13.0 Å². The van der Waals surface area contributed by atoms with Crippen LogP contribution in [0.3, 0.4) is 0 Å². The number of ether oxygens (including phenoxy) is 1. The van der Waals surface area contributed by atoms with Gasteiger partial charge in [-0.1, -0.05) is 6.07 Å². The molecule has 21 heavy (non-hydrogen) atoms. The van der Waals surface area contributed by atoms with Crippen molar-refractivity contribution in [3.8, 4) is 5.75 Å². The summed E-state index contributed by atoms with van der Waals surface area (Å²) in [6.07, 6.45) is 0.365. The minimum Gasteiger partial charge on any atom is -0.490 e. The zero-order valence-corrected chi connectivity index (χ0v) is 12.5. The molecule has 1 aromatic rings. The van der Waals surface area contributed by atoms with Crippen molar-refractivity contribution >= 4 is 29.3 Å². The largest absolute Gasteiger partial charge is 0.490 e. The second kappa shape index (κ2) is 7.33. The average molecular weight is 309 g/mol. The Balaban J connectivity index is 2.01. The fourth-order valence-corrected chi connectivity index (χ4v) is 2.78. The van der Waals surface area contributed by atoms with E-state index in [4.69, 9.17) is 16.2 Å². The first kappa shape index (κ1) is 15.7. The molecule has 0 unspecified atom stereocenters. The molecule has 4 N–H and O–H groups in total. The van der Waals surface area contributed by atoms with Crippen molar-refractivity contribution in [2.24, 2.45) is 11.5 Å². The number of carbonyl (C=O) groups is 2. The molecular weight excluding hydrogens is 290 g/mol. The lowest BCUT2D eigenvalue weighted by molar-refractivity contribution is -0.118. The molecule has 1 aliphatic rings. The number of amides is 2. The number of carbonyl (C=O) groups excluding carboxylic acids is 2. The molecule has 0 saturated heterocycles. The third kappa shape index (κ3) is 4.12. The summed E-state index contributed by atoms with van der Waals surface area (Å²) in [6.45, 7) is 1.43. The Hall–Kier alpha value is -1.73. The second-order valence-electron chi connectivity index (χ2n) is 4.67. The predicted molar refractivity (Wildman–Crippen MR) is 83.3 cm³/mol. The van der Waals surface area contributed by atoms with Gasteiger partial charge in [0.25, 0.3) is 0 Å². The van der Waals surface area contributed by atoms with Crippen molar-refractivity contribution in [3.05, 3.63) is 23.8 Å². The average Bonchev–Trinajstić information content (AvgIpc) is 2.50. The van der Waals surface area contributed by atoms with Gasteiger partial charge in [0.05, 0.1) is 18.0 Å². The fraction of sp³-hybridized carbons (Fsp3) is 0.429. The van der Waals surface area contributed by atoms with Gasteiger partial charge >= 0.3 is 0 Å². The molecule has 6 nitrogen and oxygen atoms in total. The minimum atomic E-state index is -0.364. The van der Waals surface area contributed by atoms with Gasteiger partial charge in [0.1, 0.15) is 12.4 Å². The number of nitrogens with zero attached hydrogens (tertiary/aromatic N) is 1. The molecule has 2 amide bonds. The first-order valence-electron chi connectivity index (χ1n) is 6.74. The van der Waals surface area contributed by atoms with Crippen LogP contribution in [0.5, 0.6) is 5.75 Å². The molecule has 0 bridgehead atoms. The van der Waals surface area contributed by atoms with Crippen LogP contribution in [0.4, 0.5) is 5.69 Å². The van der Waals surface area contributed by atoms with Crippen LogP contribution in [0.1, 0.15) is 12.0 Å². The number of hydrogen-bond donors (Lipinski definition) is 2. The molecule has 114 valence electrons. The lowest BCUT2D eigenvalue weighted by atomic mass is 10.1. The summed E-state index contributed by atoms with van der Waals surface area (Å²) < 4.78 is 5.56. The number of rotatable bonds is 6. The number of anilines is 1. The van der Waals surface area contributed by atoms with Gasteiger partial charge in [0, 0.05) is 18.7 Å². The molecule has 1 aliphatic heterocycles. The lowest BCUT2D eigenvalue weighted by Gasteiger charge is -2.30. The summed E-state index contributed by atoms with van der Waals surface area (Å²) in [7, 11) is 0. The van der Waals surface area contributed by atoms with E-state index in [-0.39, 0.29) is 17.6 Å². The smallest absolute Gasteiger partial charge is 0.228 e. The molecule has 0 aliphatic carbocycles. The Bertz CT molecular complexity index is 536. The van der Waals surface area contributed by atoms with Crippen molar-refractivity contribution in [1.82, 2.24) is 0 Å². The van der Waals surface area contributed by atoms with Crippen LogP contribution < -0.4 is 21.1 Å². The zero-order valence-electron chi connectivity index (χ0n) is 11.7. The molecule has 0 saturated carbocycles. The molecule has 1 aromatic carbocycles. The summed E-state index contributed by atoms with van der Waals surface area (Å²) in [5, 5.41) is 0. The Morgan fingerprint density at radius 1 is 1.38 bits per heavy atom. The highest BCUT2D eigenvalue weighted by Gasteiger charge is 2.23. The summed E-state index contributed by atoms with van der Waals surface area (Å²) in [4.78, 5) is 24.7. The van der Waals surface area contributed by atoms with E-state index >= 15 is 0 Å². The van der Waals surface area contributed by atoms with E-state index in [0.717, 1.165) is 11.3 Å². The molecule has 1 heterocycles. The number of nitrogens with two attached hydrogens (primary N) is 2. The van der Waals surface area contributed by atoms with Crippen LogP contribution >= 0.6 is 11.8 Å². The van der Waals surface area contributed by atoms with Crippen molar-refractivity contribution in [3.63, 3.8) is 0 Å². The SMILES string of the molecule is NCc1ccc2c(c1)N(C(=O)CCSCC(N)=O)CCO2. The van der Waals surface area contributed by atoms with Gasteiger partial charge in [-0.3, -0.25) is 9.59 Å². The third-order valence-electron chi connectivity index (χ3n) is 3.13. The van der Waals surface area contributed by atoms with Crippen molar-refractivity contribution < 1.29 is 14.3 Å². The maximum Gasteiger partial charge on any atom is 0.228 e. The Kier molecular flexibility index (Phi) is 5.46. The van der Waals surface area contributed by atoms with E-state index in [1.54, 1.807) is 4.90 Å². The number of hydrogen-bond acceptors (Lipinski definition) is 5. The van der Waals surface area contributed by atoms with Crippen molar-refractivity contribution in [1.29, 1.82) is 0 Å². The van der Waals surface area contributed by atoms with Gasteiger partial charge in [-0.15, -0.1) is 0 Å². The standard InChI is InChI=1S/C14H19N3O3S/c15-8-10-1-2-12-11(7-10)17(4-5-20-12)14(19)3-6-21-9-13(16)18/h1-2,7H,3-6,8-9,15H2,(H2,16,18). The molecule has 2 rings (SSSR count).